The van der Waals surface area contributed by atoms with E-state index in [1.54, 1.807) is 24.5 Å². The minimum absolute atomic E-state index is 0.140. The molecule has 16 heavy (non-hydrogen) atoms. The lowest BCUT2D eigenvalue weighted by atomic mass is 10.1. The summed E-state index contributed by atoms with van der Waals surface area (Å²) in [6, 6.07) is 7.09. The number of aromatic nitrogens is 2. The summed E-state index contributed by atoms with van der Waals surface area (Å²) in [5.41, 5.74) is 1.40. The number of benzene rings is 1. The number of hydrogen-bond acceptors (Lipinski definition) is 2. The van der Waals surface area contributed by atoms with Crippen LogP contribution in [0.25, 0.3) is 5.69 Å². The van der Waals surface area contributed by atoms with Crippen molar-refractivity contribution in [1.82, 2.24) is 15.1 Å². The van der Waals surface area contributed by atoms with E-state index in [-0.39, 0.29) is 11.9 Å². The third-order valence-electron chi connectivity index (χ3n) is 2.66. The van der Waals surface area contributed by atoms with E-state index in [0.717, 1.165) is 5.56 Å². The summed E-state index contributed by atoms with van der Waals surface area (Å²) in [4.78, 5) is 0. The highest BCUT2D eigenvalue weighted by Crippen LogP contribution is 2.18. The van der Waals surface area contributed by atoms with Crippen molar-refractivity contribution in [3.63, 3.8) is 0 Å². The van der Waals surface area contributed by atoms with Crippen LogP contribution in [0.4, 0.5) is 4.39 Å². The molecule has 0 fully saturated rings. The van der Waals surface area contributed by atoms with Gasteiger partial charge in [-0.25, -0.2) is 9.07 Å². The molecule has 0 aliphatic heterocycles. The summed E-state index contributed by atoms with van der Waals surface area (Å²) in [6.45, 7) is 1.99. The van der Waals surface area contributed by atoms with Crippen molar-refractivity contribution < 1.29 is 4.39 Å². The van der Waals surface area contributed by atoms with Crippen LogP contribution in [0, 0.1) is 5.82 Å². The molecule has 84 valence electrons. The van der Waals surface area contributed by atoms with Gasteiger partial charge in [-0.3, -0.25) is 0 Å². The summed E-state index contributed by atoms with van der Waals surface area (Å²) in [5, 5.41) is 7.08. The molecule has 1 N–H and O–H groups in total. The Morgan fingerprint density at radius 2 is 2.25 bits per heavy atom. The highest BCUT2D eigenvalue weighted by atomic mass is 19.1. The first-order valence-corrected chi connectivity index (χ1v) is 5.19. The molecule has 1 heterocycles. The smallest absolute Gasteiger partial charge is 0.149 e. The molecule has 0 amide bonds. The summed E-state index contributed by atoms with van der Waals surface area (Å²) in [5.74, 6) is -0.261. The quantitative estimate of drug-likeness (QED) is 0.858. The van der Waals surface area contributed by atoms with Crippen LogP contribution in [0.3, 0.4) is 0 Å². The van der Waals surface area contributed by atoms with E-state index >= 15 is 0 Å². The molecule has 0 unspecified atom stereocenters. The first-order valence-electron chi connectivity index (χ1n) is 5.19. The van der Waals surface area contributed by atoms with Crippen LogP contribution in [0.15, 0.2) is 36.7 Å². The number of halogens is 1. The van der Waals surface area contributed by atoms with Crippen molar-refractivity contribution in [2.75, 3.05) is 7.05 Å². The first-order chi connectivity index (χ1) is 7.72. The Morgan fingerprint density at radius 1 is 1.44 bits per heavy atom. The van der Waals surface area contributed by atoms with Crippen LogP contribution < -0.4 is 5.32 Å². The molecule has 1 atom stereocenters. The van der Waals surface area contributed by atoms with Crippen LogP contribution >= 0.6 is 0 Å². The minimum Gasteiger partial charge on any atom is -0.313 e. The van der Waals surface area contributed by atoms with Crippen molar-refractivity contribution in [2.45, 2.75) is 13.0 Å². The number of rotatable bonds is 3. The summed E-state index contributed by atoms with van der Waals surface area (Å²) >= 11 is 0. The second kappa shape index (κ2) is 4.45. The van der Waals surface area contributed by atoms with E-state index < -0.39 is 0 Å². The van der Waals surface area contributed by atoms with Crippen molar-refractivity contribution in [2.24, 2.45) is 0 Å². The average Bonchev–Trinajstić information content (AvgIpc) is 2.81. The lowest BCUT2D eigenvalue weighted by Gasteiger charge is -2.12. The molecule has 1 aromatic carbocycles. The molecule has 4 heteroatoms. The van der Waals surface area contributed by atoms with Crippen LogP contribution in [0.2, 0.25) is 0 Å². The van der Waals surface area contributed by atoms with Gasteiger partial charge in [0.2, 0.25) is 0 Å². The monoisotopic (exact) mass is 219 g/mol. The molecule has 3 nitrogen and oxygen atoms in total. The van der Waals surface area contributed by atoms with Gasteiger partial charge in [-0.05, 0) is 37.7 Å². The van der Waals surface area contributed by atoms with Gasteiger partial charge >= 0.3 is 0 Å². The fourth-order valence-corrected chi connectivity index (χ4v) is 1.56. The van der Waals surface area contributed by atoms with Crippen molar-refractivity contribution >= 4 is 0 Å². The molecule has 0 saturated heterocycles. The molecule has 0 aliphatic carbocycles. The van der Waals surface area contributed by atoms with Gasteiger partial charge in [-0.2, -0.15) is 5.10 Å². The Bertz CT molecular complexity index is 465. The molecule has 0 spiro atoms. The molecule has 0 bridgehead atoms. The van der Waals surface area contributed by atoms with Crippen molar-refractivity contribution in [1.29, 1.82) is 0 Å². The Morgan fingerprint density at radius 3 is 2.81 bits per heavy atom. The normalized spacial score (nSPS) is 12.7. The number of hydrogen-bond donors (Lipinski definition) is 1. The standard InChI is InChI=1S/C12H14FN3/c1-9(14-2)10-4-5-12(11(13)8-10)16-7-3-6-15-16/h3-9,14H,1-2H3/t9-/m0/s1. The second-order valence-corrected chi connectivity index (χ2v) is 3.67. The molecule has 0 aliphatic rings. The lowest BCUT2D eigenvalue weighted by Crippen LogP contribution is -2.12. The molecule has 0 saturated carbocycles. The predicted octanol–water partition coefficient (Wildman–Crippen LogP) is 2.29. The Balaban J connectivity index is 2.37. The molecule has 2 rings (SSSR count). The SMILES string of the molecule is CN[C@@H](C)c1ccc(-n2cccn2)c(F)c1. The van der Waals surface area contributed by atoms with Gasteiger partial charge in [0.25, 0.3) is 0 Å². The second-order valence-electron chi connectivity index (χ2n) is 3.67. The van der Waals surface area contributed by atoms with Crippen molar-refractivity contribution in [3.8, 4) is 5.69 Å². The third-order valence-corrected chi connectivity index (χ3v) is 2.66. The van der Waals surface area contributed by atoms with Gasteiger partial charge in [0.1, 0.15) is 11.5 Å². The fourth-order valence-electron chi connectivity index (χ4n) is 1.56. The Kier molecular flexibility index (Phi) is 3.01. The highest BCUT2D eigenvalue weighted by Gasteiger charge is 2.08. The van der Waals surface area contributed by atoms with E-state index in [1.807, 2.05) is 20.0 Å². The molecular formula is C12H14FN3. The average molecular weight is 219 g/mol. The van der Waals surface area contributed by atoms with Gasteiger partial charge in [-0.1, -0.05) is 6.07 Å². The Hall–Kier alpha value is -1.68. The molecule has 0 radical (unpaired) electrons. The van der Waals surface area contributed by atoms with Gasteiger partial charge in [0.05, 0.1) is 0 Å². The molecule has 2 aromatic rings. The first kappa shape index (κ1) is 10.8. The highest BCUT2D eigenvalue weighted by molar-refractivity contribution is 5.36. The van der Waals surface area contributed by atoms with Crippen LogP contribution in [0.5, 0.6) is 0 Å². The van der Waals surface area contributed by atoms with Crippen LogP contribution in [-0.2, 0) is 0 Å². The zero-order valence-electron chi connectivity index (χ0n) is 9.31. The van der Waals surface area contributed by atoms with Crippen LogP contribution in [-0.4, -0.2) is 16.8 Å². The Labute approximate surface area is 93.9 Å². The summed E-state index contributed by atoms with van der Waals surface area (Å²) in [6.07, 6.45) is 3.35. The topological polar surface area (TPSA) is 29.9 Å². The molecular weight excluding hydrogens is 205 g/mol. The summed E-state index contributed by atoms with van der Waals surface area (Å²) in [7, 11) is 1.85. The van der Waals surface area contributed by atoms with E-state index in [0.29, 0.717) is 5.69 Å². The van der Waals surface area contributed by atoms with E-state index in [2.05, 4.69) is 10.4 Å². The van der Waals surface area contributed by atoms with E-state index in [9.17, 15) is 4.39 Å². The third kappa shape index (κ3) is 1.97. The van der Waals surface area contributed by atoms with Gasteiger partial charge < -0.3 is 5.32 Å². The van der Waals surface area contributed by atoms with Gasteiger partial charge in [-0.15, -0.1) is 0 Å². The lowest BCUT2D eigenvalue weighted by molar-refractivity contribution is 0.596. The maximum absolute atomic E-state index is 13.8. The molecule has 1 aromatic heterocycles. The largest absolute Gasteiger partial charge is 0.313 e. The predicted molar refractivity (Wildman–Crippen MR) is 61.0 cm³/mol. The number of nitrogens with zero attached hydrogens (tertiary/aromatic N) is 2. The zero-order chi connectivity index (χ0) is 11.5. The number of nitrogens with one attached hydrogen (secondary N) is 1. The van der Waals surface area contributed by atoms with Gasteiger partial charge in [0.15, 0.2) is 0 Å². The van der Waals surface area contributed by atoms with E-state index in [1.165, 1.54) is 10.7 Å². The zero-order valence-corrected chi connectivity index (χ0v) is 9.31. The van der Waals surface area contributed by atoms with Crippen molar-refractivity contribution in [3.05, 3.63) is 48.0 Å². The summed E-state index contributed by atoms with van der Waals surface area (Å²) < 4.78 is 15.3. The van der Waals surface area contributed by atoms with Crippen LogP contribution in [0.1, 0.15) is 18.5 Å². The van der Waals surface area contributed by atoms with E-state index in [4.69, 9.17) is 0 Å². The minimum atomic E-state index is -0.261. The maximum Gasteiger partial charge on any atom is 0.149 e. The fraction of sp³-hybridized carbons (Fsp3) is 0.250. The maximum atomic E-state index is 13.8. The van der Waals surface area contributed by atoms with Gasteiger partial charge in [0, 0.05) is 18.4 Å².